The Kier molecular flexibility index (Phi) is 4.19. The molecule has 2 rings (SSSR count). The van der Waals surface area contributed by atoms with Crippen molar-refractivity contribution in [2.24, 2.45) is 5.92 Å². The molecule has 2 nitrogen and oxygen atoms in total. The number of hydrogen-bond donors (Lipinski definition) is 1. The number of benzene rings is 1. The fourth-order valence-electron chi connectivity index (χ4n) is 2.42. The number of carbonyl (C=O) groups is 1. The van der Waals surface area contributed by atoms with E-state index in [1.54, 1.807) is 6.07 Å². The van der Waals surface area contributed by atoms with E-state index in [4.69, 9.17) is 0 Å². The van der Waals surface area contributed by atoms with Crippen LogP contribution in [0.25, 0.3) is 0 Å². The van der Waals surface area contributed by atoms with Gasteiger partial charge in [-0.15, -0.1) is 0 Å². The number of Topliss-reactive ketones (excluding diaryl/α,β-unsaturated/α-hetero) is 1. The van der Waals surface area contributed by atoms with Crippen molar-refractivity contribution in [3.63, 3.8) is 0 Å². The van der Waals surface area contributed by atoms with Crippen LogP contribution in [0.3, 0.4) is 0 Å². The molecule has 1 fully saturated rings. The minimum atomic E-state index is 0.360. The maximum Gasteiger partial charge on any atom is 0.133 e. The Morgan fingerprint density at radius 1 is 1.44 bits per heavy atom. The fourth-order valence-corrected chi connectivity index (χ4v) is 2.42. The van der Waals surface area contributed by atoms with Crippen molar-refractivity contribution in [1.82, 2.24) is 0 Å². The van der Waals surface area contributed by atoms with E-state index in [0.717, 1.165) is 37.7 Å². The average Bonchev–Trinajstić information content (AvgIpc) is 2.75. The zero-order chi connectivity index (χ0) is 13.0. The first kappa shape index (κ1) is 12.9. The molecule has 1 aromatic rings. The smallest absolute Gasteiger partial charge is 0.133 e. The van der Waals surface area contributed by atoms with Gasteiger partial charge in [-0.1, -0.05) is 24.3 Å². The molecule has 1 N–H and O–H groups in total. The van der Waals surface area contributed by atoms with Crippen LogP contribution in [0.4, 0.5) is 0 Å². The summed E-state index contributed by atoms with van der Waals surface area (Å²) in [6.07, 6.45) is 8.87. The molecule has 1 aliphatic carbocycles. The van der Waals surface area contributed by atoms with E-state index >= 15 is 0 Å². The van der Waals surface area contributed by atoms with Crippen LogP contribution in [-0.2, 0) is 11.2 Å². The Bertz CT molecular complexity index is 460. The Labute approximate surface area is 108 Å². The maximum absolute atomic E-state index is 11.1. The lowest BCUT2D eigenvalue weighted by Gasteiger charge is -2.03. The summed E-state index contributed by atoms with van der Waals surface area (Å²) in [6.45, 7) is 1.92. The van der Waals surface area contributed by atoms with Crippen LogP contribution in [-0.4, -0.2) is 10.9 Å². The molecule has 0 spiro atoms. The lowest BCUT2D eigenvalue weighted by molar-refractivity contribution is -0.117. The quantitative estimate of drug-likeness (QED) is 0.822. The van der Waals surface area contributed by atoms with E-state index in [9.17, 15) is 9.90 Å². The zero-order valence-corrected chi connectivity index (χ0v) is 10.9. The number of carbonyl (C=O) groups excluding carboxylic acids is 1. The number of aromatic hydroxyl groups is 1. The second kappa shape index (κ2) is 5.85. The summed E-state index contributed by atoms with van der Waals surface area (Å²) in [4.78, 5) is 11.1. The first-order valence-corrected chi connectivity index (χ1v) is 6.62. The number of ketones is 1. The van der Waals surface area contributed by atoms with E-state index in [-0.39, 0.29) is 0 Å². The topological polar surface area (TPSA) is 37.3 Å². The third-order valence-corrected chi connectivity index (χ3v) is 3.55. The van der Waals surface area contributed by atoms with Gasteiger partial charge in [0.05, 0.1) is 0 Å². The summed E-state index contributed by atoms with van der Waals surface area (Å²) < 4.78 is 0. The number of rotatable bonds is 4. The van der Waals surface area contributed by atoms with Crippen molar-refractivity contribution < 1.29 is 9.90 Å². The molecule has 0 aromatic heterocycles. The third kappa shape index (κ3) is 3.46. The maximum atomic E-state index is 11.1. The average molecular weight is 244 g/mol. The van der Waals surface area contributed by atoms with Gasteiger partial charge in [-0.25, -0.2) is 0 Å². The lowest BCUT2D eigenvalue weighted by Crippen LogP contribution is -1.90. The summed E-state index contributed by atoms with van der Waals surface area (Å²) >= 11 is 0. The van der Waals surface area contributed by atoms with E-state index in [2.05, 4.69) is 12.2 Å². The first-order chi connectivity index (χ1) is 8.65. The van der Waals surface area contributed by atoms with Gasteiger partial charge in [-0.2, -0.15) is 0 Å². The second-order valence-electron chi connectivity index (χ2n) is 5.13. The predicted molar refractivity (Wildman–Crippen MR) is 72.7 cm³/mol. The standard InChI is InChI=1S/C16H20O2/c1-12-10-13(7-9-16(12)18)4-2-3-5-14-6-8-15(17)11-14/h3,5,7,9-10,14,18H,2,4,6,8,11H2,1H3/b5-3+. The Morgan fingerprint density at radius 2 is 2.28 bits per heavy atom. The van der Waals surface area contributed by atoms with Crippen LogP contribution in [0.1, 0.15) is 36.8 Å². The van der Waals surface area contributed by atoms with Crippen LogP contribution in [0.2, 0.25) is 0 Å². The summed E-state index contributed by atoms with van der Waals surface area (Å²) in [5, 5.41) is 9.44. The molecule has 1 aliphatic rings. The zero-order valence-electron chi connectivity index (χ0n) is 10.9. The molecule has 0 amide bonds. The molecule has 0 bridgehead atoms. The van der Waals surface area contributed by atoms with Gasteiger partial charge in [-0.05, 0) is 49.3 Å². The monoisotopic (exact) mass is 244 g/mol. The molecule has 1 aromatic carbocycles. The van der Waals surface area contributed by atoms with Crippen molar-refractivity contribution in [1.29, 1.82) is 0 Å². The summed E-state index contributed by atoms with van der Waals surface area (Å²) in [5.74, 6) is 1.23. The molecule has 18 heavy (non-hydrogen) atoms. The van der Waals surface area contributed by atoms with Crippen molar-refractivity contribution >= 4 is 5.78 Å². The van der Waals surface area contributed by atoms with Crippen molar-refractivity contribution in [3.05, 3.63) is 41.5 Å². The Morgan fingerprint density at radius 3 is 2.94 bits per heavy atom. The number of hydrogen-bond acceptors (Lipinski definition) is 2. The van der Waals surface area contributed by atoms with Crippen LogP contribution >= 0.6 is 0 Å². The largest absolute Gasteiger partial charge is 0.508 e. The third-order valence-electron chi connectivity index (χ3n) is 3.55. The highest BCUT2D eigenvalue weighted by atomic mass is 16.3. The summed E-state index contributed by atoms with van der Waals surface area (Å²) in [5.41, 5.74) is 2.18. The van der Waals surface area contributed by atoms with Gasteiger partial charge >= 0.3 is 0 Å². The number of phenolic OH excluding ortho intramolecular Hbond substituents is 1. The number of allylic oxidation sites excluding steroid dienone is 2. The van der Waals surface area contributed by atoms with Crippen LogP contribution < -0.4 is 0 Å². The predicted octanol–water partition coefficient (Wildman–Crippen LogP) is 3.56. The van der Waals surface area contributed by atoms with E-state index in [0.29, 0.717) is 17.5 Å². The molecule has 0 aliphatic heterocycles. The Hall–Kier alpha value is -1.57. The highest BCUT2D eigenvalue weighted by molar-refractivity contribution is 5.80. The fraction of sp³-hybridized carbons (Fsp3) is 0.438. The SMILES string of the molecule is Cc1cc(CC/C=C/C2CCC(=O)C2)ccc1O. The van der Waals surface area contributed by atoms with Gasteiger partial charge in [0.15, 0.2) is 0 Å². The highest BCUT2D eigenvalue weighted by Crippen LogP contribution is 2.23. The molecule has 2 heteroatoms. The molecule has 1 atom stereocenters. The molecule has 1 saturated carbocycles. The number of phenols is 1. The highest BCUT2D eigenvalue weighted by Gasteiger charge is 2.18. The molecule has 0 heterocycles. The number of aryl methyl sites for hydroxylation is 2. The van der Waals surface area contributed by atoms with Crippen molar-refractivity contribution in [2.45, 2.75) is 39.0 Å². The molecule has 96 valence electrons. The van der Waals surface area contributed by atoms with Gasteiger partial charge < -0.3 is 5.11 Å². The molecule has 0 saturated heterocycles. The van der Waals surface area contributed by atoms with Crippen LogP contribution in [0.5, 0.6) is 5.75 Å². The molecule has 0 radical (unpaired) electrons. The van der Waals surface area contributed by atoms with Crippen LogP contribution in [0, 0.1) is 12.8 Å². The molecular formula is C16H20O2. The summed E-state index contributed by atoms with van der Waals surface area (Å²) in [6, 6.07) is 5.75. The molecule has 1 unspecified atom stereocenters. The second-order valence-corrected chi connectivity index (χ2v) is 5.13. The van der Waals surface area contributed by atoms with E-state index in [1.165, 1.54) is 5.56 Å². The molecular weight excluding hydrogens is 224 g/mol. The summed E-state index contributed by atoms with van der Waals surface area (Å²) in [7, 11) is 0. The van der Waals surface area contributed by atoms with Crippen molar-refractivity contribution in [3.8, 4) is 5.75 Å². The minimum absolute atomic E-state index is 0.360. The van der Waals surface area contributed by atoms with Gasteiger partial charge in [0.2, 0.25) is 0 Å². The van der Waals surface area contributed by atoms with E-state index in [1.807, 2.05) is 19.1 Å². The Balaban J connectivity index is 1.79. The van der Waals surface area contributed by atoms with Crippen LogP contribution in [0.15, 0.2) is 30.4 Å². The first-order valence-electron chi connectivity index (χ1n) is 6.62. The lowest BCUT2D eigenvalue weighted by atomic mass is 10.0. The van der Waals surface area contributed by atoms with Gasteiger partial charge in [0, 0.05) is 12.8 Å². The van der Waals surface area contributed by atoms with Crippen molar-refractivity contribution in [2.75, 3.05) is 0 Å². The van der Waals surface area contributed by atoms with E-state index < -0.39 is 0 Å². The van der Waals surface area contributed by atoms with Gasteiger partial charge in [0.1, 0.15) is 11.5 Å². The van der Waals surface area contributed by atoms with Gasteiger partial charge in [-0.3, -0.25) is 4.79 Å². The van der Waals surface area contributed by atoms with Gasteiger partial charge in [0.25, 0.3) is 0 Å². The normalized spacial score (nSPS) is 19.8. The minimum Gasteiger partial charge on any atom is -0.508 e.